The molecule has 2 aromatic carbocycles. The van der Waals surface area contributed by atoms with E-state index in [1.165, 1.54) is 8.92 Å². The first-order valence-electron chi connectivity index (χ1n) is 4.89. The average Bonchev–Trinajstić information content (AvgIpc) is 2.37. The van der Waals surface area contributed by atoms with Crippen LogP contribution in [0.15, 0.2) is 60.7 Å². The normalized spacial score (nSPS) is 9.25. The summed E-state index contributed by atoms with van der Waals surface area (Å²) < 4.78 is 2.71. The van der Waals surface area contributed by atoms with Crippen LogP contribution in [0.5, 0.6) is 0 Å². The molecule has 0 radical (unpaired) electrons. The van der Waals surface area contributed by atoms with Crippen molar-refractivity contribution in [2.24, 2.45) is 0 Å². The molecule has 0 aliphatic rings. The van der Waals surface area contributed by atoms with Crippen molar-refractivity contribution >= 4 is 38.8 Å². The van der Waals surface area contributed by atoms with Gasteiger partial charge in [-0.1, -0.05) is 0 Å². The molecule has 78 valence electrons. The van der Waals surface area contributed by atoms with Gasteiger partial charge in [0.05, 0.1) is 0 Å². The molecule has 0 aliphatic carbocycles. The van der Waals surface area contributed by atoms with Gasteiger partial charge in [0.15, 0.2) is 0 Å². The van der Waals surface area contributed by atoms with Gasteiger partial charge in [0.1, 0.15) is 0 Å². The summed E-state index contributed by atoms with van der Waals surface area (Å²) in [6.07, 6.45) is 0. The Kier molecular flexibility index (Phi) is 4.74. The molecule has 0 amide bonds. The first kappa shape index (κ1) is 11.5. The molecule has 0 bridgehead atoms. The zero-order chi connectivity index (χ0) is 11.1. The molecule has 0 aliphatic heterocycles. The maximum absolute atomic E-state index is 3.29. The van der Waals surface area contributed by atoms with E-state index in [0.29, 0.717) is 29.9 Å². The van der Waals surface area contributed by atoms with Crippen molar-refractivity contribution in [1.82, 2.24) is 0 Å². The maximum atomic E-state index is 3.29. The SMILES string of the molecule is C(#C[Se]c1ccccc1)[Se]c1ccccc1. The van der Waals surface area contributed by atoms with Crippen molar-refractivity contribution in [3.05, 3.63) is 60.7 Å². The number of hydrogen-bond acceptors (Lipinski definition) is 0. The molecule has 0 spiro atoms. The van der Waals surface area contributed by atoms with Crippen LogP contribution < -0.4 is 8.92 Å². The molecule has 2 rings (SSSR count). The number of rotatable bonds is 2. The van der Waals surface area contributed by atoms with E-state index in [0.717, 1.165) is 0 Å². The zero-order valence-electron chi connectivity index (χ0n) is 8.59. The van der Waals surface area contributed by atoms with Gasteiger partial charge < -0.3 is 0 Å². The van der Waals surface area contributed by atoms with Crippen molar-refractivity contribution < 1.29 is 0 Å². The van der Waals surface area contributed by atoms with E-state index in [1.54, 1.807) is 0 Å². The molecule has 0 unspecified atom stereocenters. The Balaban J connectivity index is 1.88. The van der Waals surface area contributed by atoms with E-state index < -0.39 is 0 Å². The van der Waals surface area contributed by atoms with E-state index in [4.69, 9.17) is 0 Å². The standard InChI is InChI=1S/C14H10Se2/c1-3-7-13(8-4-1)15-11-12-16-14-9-5-2-6-10-14/h1-10H. The van der Waals surface area contributed by atoms with Crippen LogP contribution in [-0.2, 0) is 0 Å². The Bertz CT molecular complexity index is 435. The zero-order valence-corrected chi connectivity index (χ0v) is 12.0. The van der Waals surface area contributed by atoms with Crippen LogP contribution in [0.3, 0.4) is 0 Å². The molecule has 0 heterocycles. The first-order chi connectivity index (χ1) is 7.95. The van der Waals surface area contributed by atoms with Gasteiger partial charge in [-0.05, 0) is 0 Å². The Morgan fingerprint density at radius 1 is 0.562 bits per heavy atom. The van der Waals surface area contributed by atoms with Gasteiger partial charge in [-0.3, -0.25) is 0 Å². The van der Waals surface area contributed by atoms with Crippen molar-refractivity contribution in [3.63, 3.8) is 0 Å². The van der Waals surface area contributed by atoms with Gasteiger partial charge in [0.25, 0.3) is 0 Å². The molecule has 2 aromatic rings. The van der Waals surface area contributed by atoms with Crippen LogP contribution in [0.25, 0.3) is 0 Å². The predicted molar refractivity (Wildman–Crippen MR) is 71.4 cm³/mol. The van der Waals surface area contributed by atoms with Gasteiger partial charge in [-0.25, -0.2) is 0 Å². The Morgan fingerprint density at radius 3 is 1.31 bits per heavy atom. The molecule has 0 atom stereocenters. The molecule has 2 heteroatoms. The van der Waals surface area contributed by atoms with Gasteiger partial charge in [0.2, 0.25) is 0 Å². The summed E-state index contributed by atoms with van der Waals surface area (Å²) in [5.41, 5.74) is 0. The molecule has 0 saturated heterocycles. The van der Waals surface area contributed by atoms with Gasteiger partial charge in [0, 0.05) is 0 Å². The molecule has 0 N–H and O–H groups in total. The van der Waals surface area contributed by atoms with E-state index in [1.807, 2.05) is 12.1 Å². The van der Waals surface area contributed by atoms with Crippen molar-refractivity contribution in [2.75, 3.05) is 0 Å². The molecule has 0 aromatic heterocycles. The summed E-state index contributed by atoms with van der Waals surface area (Å²) in [6, 6.07) is 20.9. The minimum atomic E-state index is 0.303. The van der Waals surface area contributed by atoms with Crippen LogP contribution in [0.2, 0.25) is 0 Å². The van der Waals surface area contributed by atoms with Gasteiger partial charge in [-0.15, -0.1) is 0 Å². The summed E-state index contributed by atoms with van der Waals surface area (Å²) >= 11 is 0.607. The molecule has 0 fully saturated rings. The van der Waals surface area contributed by atoms with Crippen LogP contribution in [0, 0.1) is 9.64 Å². The van der Waals surface area contributed by atoms with E-state index >= 15 is 0 Å². The predicted octanol–water partition coefficient (Wildman–Crippen LogP) is 0.964. The number of benzene rings is 2. The fourth-order valence-electron chi connectivity index (χ4n) is 1.14. The average molecular weight is 336 g/mol. The molecule has 0 saturated carbocycles. The molecular weight excluding hydrogens is 326 g/mol. The third kappa shape index (κ3) is 3.89. The van der Waals surface area contributed by atoms with Crippen LogP contribution in [0.4, 0.5) is 0 Å². The number of hydrogen-bond donors (Lipinski definition) is 0. The van der Waals surface area contributed by atoms with Crippen LogP contribution in [0.1, 0.15) is 0 Å². The van der Waals surface area contributed by atoms with Gasteiger partial charge in [-0.2, -0.15) is 0 Å². The second kappa shape index (κ2) is 6.58. The summed E-state index contributed by atoms with van der Waals surface area (Å²) in [5.74, 6) is 0. The molecule has 0 nitrogen and oxygen atoms in total. The van der Waals surface area contributed by atoms with Crippen molar-refractivity contribution in [2.45, 2.75) is 0 Å². The topological polar surface area (TPSA) is 0 Å². The summed E-state index contributed by atoms with van der Waals surface area (Å²) in [7, 11) is 0. The Labute approximate surface area is 109 Å². The van der Waals surface area contributed by atoms with E-state index in [9.17, 15) is 0 Å². The monoisotopic (exact) mass is 338 g/mol. The first-order valence-corrected chi connectivity index (χ1v) is 8.31. The van der Waals surface area contributed by atoms with Crippen LogP contribution in [-0.4, -0.2) is 29.9 Å². The molecular formula is C14H10Se2. The van der Waals surface area contributed by atoms with Crippen molar-refractivity contribution in [1.29, 1.82) is 0 Å². The third-order valence-corrected chi connectivity index (χ3v) is 5.51. The van der Waals surface area contributed by atoms with Crippen molar-refractivity contribution in [3.8, 4) is 9.64 Å². The van der Waals surface area contributed by atoms with Crippen LogP contribution >= 0.6 is 0 Å². The third-order valence-electron chi connectivity index (χ3n) is 1.87. The quantitative estimate of drug-likeness (QED) is 0.566. The van der Waals surface area contributed by atoms with E-state index in [2.05, 4.69) is 58.2 Å². The van der Waals surface area contributed by atoms with E-state index in [-0.39, 0.29) is 0 Å². The summed E-state index contributed by atoms with van der Waals surface area (Å²) in [5, 5.41) is 0. The Hall–Kier alpha value is -0.961. The fraction of sp³-hybridized carbons (Fsp3) is 0. The minimum absolute atomic E-state index is 0.303. The summed E-state index contributed by atoms with van der Waals surface area (Å²) in [4.78, 5) is 6.58. The second-order valence-corrected chi connectivity index (χ2v) is 6.73. The summed E-state index contributed by atoms with van der Waals surface area (Å²) in [6.45, 7) is 0. The second-order valence-electron chi connectivity index (χ2n) is 3.03. The Morgan fingerprint density at radius 2 is 0.938 bits per heavy atom. The molecule has 16 heavy (non-hydrogen) atoms. The fourth-order valence-corrected chi connectivity index (χ4v) is 3.94. The van der Waals surface area contributed by atoms with Gasteiger partial charge >= 0.3 is 109 Å².